The van der Waals surface area contributed by atoms with Crippen molar-refractivity contribution >= 4 is 29.6 Å². The molecule has 37 heavy (non-hydrogen) atoms. The molecule has 1 heterocycles. The molecule has 1 aromatic carbocycles. The van der Waals surface area contributed by atoms with Gasteiger partial charge in [-0.1, -0.05) is 0 Å². The normalized spacial score (nSPS) is 15.6. The Bertz CT molecular complexity index is 955. The molecule has 10 nitrogen and oxygen atoms in total. The summed E-state index contributed by atoms with van der Waals surface area (Å²) in [7, 11) is 4.04. The minimum absolute atomic E-state index is 0.201. The van der Waals surface area contributed by atoms with Gasteiger partial charge in [-0.25, -0.2) is 9.59 Å². The first-order chi connectivity index (χ1) is 17.0. The van der Waals surface area contributed by atoms with E-state index in [1.54, 1.807) is 70.7 Å². The number of hydrogen-bond donors (Lipinski definition) is 2. The highest BCUT2D eigenvalue weighted by atomic mass is 16.6. The molecule has 0 spiro atoms. The van der Waals surface area contributed by atoms with Gasteiger partial charge in [-0.15, -0.1) is 0 Å². The summed E-state index contributed by atoms with van der Waals surface area (Å²) in [6, 6.07) is 5.48. The Hall–Kier alpha value is -3.14. The molecule has 1 aliphatic rings. The number of ether oxygens (including phenoxy) is 2. The van der Waals surface area contributed by atoms with Gasteiger partial charge in [-0.3, -0.25) is 9.59 Å². The smallest absolute Gasteiger partial charge is 0.408 e. The van der Waals surface area contributed by atoms with Crippen LogP contribution in [0.15, 0.2) is 24.3 Å². The van der Waals surface area contributed by atoms with Gasteiger partial charge in [0.1, 0.15) is 17.2 Å². The molecule has 2 rings (SSSR count). The molecule has 1 saturated heterocycles. The number of hydrogen-bond acceptors (Lipinski definition) is 7. The summed E-state index contributed by atoms with van der Waals surface area (Å²) in [6.45, 7) is 11.7. The number of anilines is 1. The Morgan fingerprint density at radius 3 is 1.97 bits per heavy atom. The van der Waals surface area contributed by atoms with Crippen molar-refractivity contribution in [3.05, 3.63) is 29.8 Å². The molecular weight excluding hydrogens is 476 g/mol. The fourth-order valence-electron chi connectivity index (χ4n) is 3.85. The second-order valence-corrected chi connectivity index (χ2v) is 11.5. The molecule has 10 heteroatoms. The van der Waals surface area contributed by atoms with E-state index in [0.717, 1.165) is 12.8 Å². The maximum Gasteiger partial charge on any atom is 0.408 e. The number of nitrogens with one attached hydrogen (secondary N) is 2. The fourth-order valence-corrected chi connectivity index (χ4v) is 3.85. The van der Waals surface area contributed by atoms with Gasteiger partial charge in [0.2, 0.25) is 11.8 Å². The Morgan fingerprint density at radius 2 is 1.49 bits per heavy atom. The molecule has 3 amide bonds. The second kappa shape index (κ2) is 12.4. The third-order valence-corrected chi connectivity index (χ3v) is 5.72. The van der Waals surface area contributed by atoms with Crippen LogP contribution in [0.3, 0.4) is 0 Å². The Labute approximate surface area is 220 Å². The van der Waals surface area contributed by atoms with Gasteiger partial charge in [0.15, 0.2) is 0 Å². The molecule has 1 fully saturated rings. The van der Waals surface area contributed by atoms with Crippen LogP contribution < -0.4 is 10.6 Å². The van der Waals surface area contributed by atoms with Crippen LogP contribution in [0.5, 0.6) is 0 Å². The first kappa shape index (κ1) is 30.1. The van der Waals surface area contributed by atoms with E-state index in [4.69, 9.17) is 9.47 Å². The molecule has 206 valence electrons. The number of rotatable bonds is 7. The van der Waals surface area contributed by atoms with E-state index in [0.29, 0.717) is 30.4 Å². The van der Waals surface area contributed by atoms with Gasteiger partial charge in [-0.05, 0) is 92.7 Å². The maximum absolute atomic E-state index is 13.1. The number of esters is 1. The van der Waals surface area contributed by atoms with Crippen molar-refractivity contribution < 1.29 is 28.7 Å². The third kappa shape index (κ3) is 10.4. The molecule has 2 N–H and O–H groups in total. The Kier molecular flexibility index (Phi) is 10.1. The van der Waals surface area contributed by atoms with E-state index < -0.39 is 35.2 Å². The van der Waals surface area contributed by atoms with E-state index >= 15 is 0 Å². The number of piperidine rings is 1. The van der Waals surface area contributed by atoms with E-state index in [-0.39, 0.29) is 12.3 Å². The van der Waals surface area contributed by atoms with Crippen LogP contribution >= 0.6 is 0 Å². The van der Waals surface area contributed by atoms with Crippen molar-refractivity contribution in [1.82, 2.24) is 15.1 Å². The molecule has 0 bridgehead atoms. The first-order valence-corrected chi connectivity index (χ1v) is 12.6. The van der Waals surface area contributed by atoms with Crippen LogP contribution in [0.4, 0.5) is 10.5 Å². The Balaban J connectivity index is 2.09. The lowest BCUT2D eigenvalue weighted by molar-refractivity contribution is -0.135. The summed E-state index contributed by atoms with van der Waals surface area (Å²) in [5.41, 5.74) is -0.639. The van der Waals surface area contributed by atoms with Crippen molar-refractivity contribution in [2.75, 3.05) is 32.5 Å². The number of nitrogens with zero attached hydrogens (tertiary/aromatic N) is 2. The fraction of sp³-hybridized carbons (Fsp3) is 0.630. The van der Waals surface area contributed by atoms with E-state index in [9.17, 15) is 19.2 Å². The SMILES string of the molecule is CN(C)C1CCN(C(=O)C[C@H](NC(=O)OC(C)(C)C)C(=O)Nc2ccc(C(=O)OC(C)(C)C)cc2)CC1. The molecule has 0 aliphatic carbocycles. The van der Waals surface area contributed by atoms with Crippen LogP contribution in [0, 0.1) is 0 Å². The Morgan fingerprint density at radius 1 is 0.946 bits per heavy atom. The summed E-state index contributed by atoms with van der Waals surface area (Å²) in [5.74, 6) is -1.25. The van der Waals surface area contributed by atoms with E-state index in [2.05, 4.69) is 15.5 Å². The molecule has 0 aromatic heterocycles. The van der Waals surface area contributed by atoms with Crippen LogP contribution in [0.2, 0.25) is 0 Å². The number of alkyl carbamates (subject to hydrolysis) is 1. The largest absolute Gasteiger partial charge is 0.456 e. The quantitative estimate of drug-likeness (QED) is 0.531. The minimum Gasteiger partial charge on any atom is -0.456 e. The summed E-state index contributed by atoms with van der Waals surface area (Å²) in [5, 5.41) is 5.26. The van der Waals surface area contributed by atoms with Crippen molar-refractivity contribution in [2.45, 2.75) is 84.1 Å². The van der Waals surface area contributed by atoms with Crippen LogP contribution in [-0.2, 0) is 19.1 Å². The van der Waals surface area contributed by atoms with Gasteiger partial charge in [0, 0.05) is 24.8 Å². The highest BCUT2D eigenvalue weighted by molar-refractivity contribution is 5.99. The zero-order valence-corrected chi connectivity index (χ0v) is 23.3. The predicted octanol–water partition coefficient (Wildman–Crippen LogP) is 3.42. The lowest BCUT2D eigenvalue weighted by Gasteiger charge is -2.35. The maximum atomic E-state index is 13.1. The van der Waals surface area contributed by atoms with Gasteiger partial charge in [0.05, 0.1) is 12.0 Å². The summed E-state index contributed by atoms with van der Waals surface area (Å²) >= 11 is 0. The number of likely N-dealkylation sites (tertiary alicyclic amines) is 1. The lowest BCUT2D eigenvalue weighted by Crippen LogP contribution is -2.50. The van der Waals surface area contributed by atoms with Crippen molar-refractivity contribution in [3.63, 3.8) is 0 Å². The number of carbonyl (C=O) groups excluding carboxylic acids is 4. The van der Waals surface area contributed by atoms with Gasteiger partial charge in [-0.2, -0.15) is 0 Å². The van der Waals surface area contributed by atoms with Crippen molar-refractivity contribution in [1.29, 1.82) is 0 Å². The highest BCUT2D eigenvalue weighted by Gasteiger charge is 2.31. The van der Waals surface area contributed by atoms with E-state index in [1.165, 1.54) is 0 Å². The van der Waals surface area contributed by atoms with Crippen molar-refractivity contribution in [3.8, 4) is 0 Å². The molecule has 1 aliphatic heterocycles. The molecule has 0 radical (unpaired) electrons. The monoisotopic (exact) mass is 518 g/mol. The summed E-state index contributed by atoms with van der Waals surface area (Å²) in [6.07, 6.45) is 0.707. The number of amides is 3. The van der Waals surface area contributed by atoms with E-state index in [1.807, 2.05) is 14.1 Å². The van der Waals surface area contributed by atoms with Gasteiger partial charge < -0.3 is 29.9 Å². The van der Waals surface area contributed by atoms with Gasteiger partial charge in [0.25, 0.3) is 0 Å². The summed E-state index contributed by atoms with van der Waals surface area (Å²) in [4.78, 5) is 54.7. The molecular formula is C27H42N4O6. The zero-order valence-electron chi connectivity index (χ0n) is 23.3. The molecule has 0 saturated carbocycles. The standard InChI is InChI=1S/C27H42N4O6/c1-26(2,3)36-24(34)18-9-11-19(12-10-18)28-23(33)21(29-25(35)37-27(4,5)6)17-22(32)31-15-13-20(14-16-31)30(7)8/h9-12,20-21H,13-17H2,1-8H3,(H,28,33)(H,29,35)/t21-/m0/s1. The number of carbonyl (C=O) groups is 4. The van der Waals surface area contributed by atoms with Crippen LogP contribution in [-0.4, -0.2) is 84.1 Å². The average Bonchev–Trinajstić information content (AvgIpc) is 2.76. The van der Waals surface area contributed by atoms with Crippen molar-refractivity contribution in [2.24, 2.45) is 0 Å². The highest BCUT2D eigenvalue weighted by Crippen LogP contribution is 2.18. The molecule has 1 atom stereocenters. The predicted molar refractivity (Wildman–Crippen MR) is 141 cm³/mol. The minimum atomic E-state index is -1.14. The topological polar surface area (TPSA) is 117 Å². The molecule has 0 unspecified atom stereocenters. The average molecular weight is 519 g/mol. The van der Waals surface area contributed by atoms with Crippen LogP contribution in [0.1, 0.15) is 71.2 Å². The van der Waals surface area contributed by atoms with Gasteiger partial charge >= 0.3 is 12.1 Å². The lowest BCUT2D eigenvalue weighted by atomic mass is 10.0. The van der Waals surface area contributed by atoms with Crippen LogP contribution in [0.25, 0.3) is 0 Å². The number of benzene rings is 1. The second-order valence-electron chi connectivity index (χ2n) is 11.5. The molecule has 1 aromatic rings. The zero-order chi connectivity index (χ0) is 28.0. The third-order valence-electron chi connectivity index (χ3n) is 5.72. The first-order valence-electron chi connectivity index (χ1n) is 12.6. The summed E-state index contributed by atoms with van der Waals surface area (Å²) < 4.78 is 10.7.